The van der Waals surface area contributed by atoms with Crippen LogP contribution in [-0.2, 0) is 0 Å². The topological polar surface area (TPSA) is 33.0 Å². The van der Waals surface area contributed by atoms with E-state index in [1.54, 1.807) is 0 Å². The van der Waals surface area contributed by atoms with Crippen molar-refractivity contribution in [1.82, 2.24) is 0 Å². The van der Waals surface area contributed by atoms with Gasteiger partial charge < -0.3 is 4.74 Å². The molecule has 0 N–H and O–H groups in total. The van der Waals surface area contributed by atoms with E-state index < -0.39 is 0 Å². The number of halogens is 1. The average Bonchev–Trinajstić information content (AvgIpc) is 2.38. The number of hydrogen-bond acceptors (Lipinski definition) is 2. The smallest absolute Gasteiger partial charge is 0.120 e. The van der Waals surface area contributed by atoms with Gasteiger partial charge in [0, 0.05) is 4.47 Å². The van der Waals surface area contributed by atoms with Crippen LogP contribution < -0.4 is 4.74 Å². The van der Waals surface area contributed by atoms with Gasteiger partial charge in [-0.25, -0.2) is 0 Å². The molecule has 2 rings (SSSR count). The minimum Gasteiger partial charge on any atom is -0.490 e. The predicted octanol–water partition coefficient (Wildman–Crippen LogP) is 5.16. The fourth-order valence-corrected chi connectivity index (χ4v) is 3.53. The van der Waals surface area contributed by atoms with Gasteiger partial charge in [0.1, 0.15) is 17.9 Å². The van der Waals surface area contributed by atoms with Gasteiger partial charge in [0.2, 0.25) is 0 Å². The van der Waals surface area contributed by atoms with Gasteiger partial charge in [-0.1, -0.05) is 27.2 Å². The molecule has 1 saturated carbocycles. The van der Waals surface area contributed by atoms with Crippen molar-refractivity contribution in [1.29, 1.82) is 5.26 Å². The van der Waals surface area contributed by atoms with E-state index in [-0.39, 0.29) is 0 Å². The van der Waals surface area contributed by atoms with Gasteiger partial charge in [-0.15, -0.1) is 0 Å². The number of benzene rings is 1. The highest BCUT2D eigenvalue weighted by molar-refractivity contribution is 9.10. The van der Waals surface area contributed by atoms with Crippen LogP contribution in [0.3, 0.4) is 0 Å². The van der Waals surface area contributed by atoms with E-state index >= 15 is 0 Å². The lowest BCUT2D eigenvalue weighted by Gasteiger charge is -2.37. The highest BCUT2D eigenvalue weighted by Gasteiger charge is 2.32. The zero-order valence-corrected chi connectivity index (χ0v) is 14.0. The van der Waals surface area contributed by atoms with Crippen LogP contribution in [0.5, 0.6) is 5.75 Å². The van der Waals surface area contributed by atoms with E-state index in [0.717, 1.165) is 22.6 Å². The maximum Gasteiger partial charge on any atom is 0.120 e. The minimum absolute atomic E-state index is 0.290. The standard InChI is InChI=1S/C17H22BrNO/c1-11(2)15-7-4-12(3)8-17(15)20-14-6-5-13(10-19)16(18)9-14/h5-6,9,11-12,15,17H,4,7-8H2,1-3H3. The third-order valence-electron chi connectivity index (χ3n) is 4.31. The van der Waals surface area contributed by atoms with Crippen LogP contribution >= 0.6 is 15.9 Å². The monoisotopic (exact) mass is 335 g/mol. The second-order valence-electron chi connectivity index (χ2n) is 6.24. The van der Waals surface area contributed by atoms with Crippen molar-refractivity contribution in [2.45, 2.75) is 46.1 Å². The van der Waals surface area contributed by atoms with E-state index in [9.17, 15) is 0 Å². The number of rotatable bonds is 3. The van der Waals surface area contributed by atoms with Crippen LogP contribution in [0.25, 0.3) is 0 Å². The molecule has 1 aliphatic carbocycles. The summed E-state index contributed by atoms with van der Waals surface area (Å²) < 4.78 is 7.05. The van der Waals surface area contributed by atoms with E-state index in [0.29, 0.717) is 23.5 Å². The fourth-order valence-electron chi connectivity index (χ4n) is 3.08. The summed E-state index contributed by atoms with van der Waals surface area (Å²) in [6, 6.07) is 7.79. The van der Waals surface area contributed by atoms with Crippen molar-refractivity contribution in [2.24, 2.45) is 17.8 Å². The van der Waals surface area contributed by atoms with Crippen LogP contribution in [0.1, 0.15) is 45.6 Å². The molecule has 0 heterocycles. The lowest BCUT2D eigenvalue weighted by Crippen LogP contribution is -2.36. The summed E-state index contributed by atoms with van der Waals surface area (Å²) >= 11 is 3.43. The van der Waals surface area contributed by atoms with Crippen molar-refractivity contribution in [3.8, 4) is 11.8 Å². The SMILES string of the molecule is CC1CCC(C(C)C)C(Oc2ccc(C#N)c(Br)c2)C1. The summed E-state index contributed by atoms with van der Waals surface area (Å²) in [5, 5.41) is 8.96. The Morgan fingerprint density at radius 2 is 2.10 bits per heavy atom. The normalized spacial score (nSPS) is 26.3. The summed E-state index contributed by atoms with van der Waals surface area (Å²) in [5.41, 5.74) is 0.648. The van der Waals surface area contributed by atoms with E-state index in [4.69, 9.17) is 10.00 Å². The summed E-state index contributed by atoms with van der Waals surface area (Å²) in [7, 11) is 0. The largest absolute Gasteiger partial charge is 0.490 e. The Labute approximate surface area is 130 Å². The van der Waals surface area contributed by atoms with Gasteiger partial charge in [-0.05, 0) is 64.7 Å². The van der Waals surface area contributed by atoms with Gasteiger partial charge in [0.05, 0.1) is 5.56 Å². The van der Waals surface area contributed by atoms with Gasteiger partial charge >= 0.3 is 0 Å². The van der Waals surface area contributed by atoms with Crippen molar-refractivity contribution >= 4 is 15.9 Å². The molecule has 1 aromatic carbocycles. The molecular formula is C17H22BrNO. The van der Waals surface area contributed by atoms with Crippen LogP contribution in [0.15, 0.2) is 22.7 Å². The van der Waals surface area contributed by atoms with E-state index in [2.05, 4.69) is 42.8 Å². The zero-order valence-electron chi connectivity index (χ0n) is 12.4. The van der Waals surface area contributed by atoms with Gasteiger partial charge in [0.15, 0.2) is 0 Å². The van der Waals surface area contributed by atoms with Crippen molar-refractivity contribution in [2.75, 3.05) is 0 Å². The molecule has 1 aromatic rings. The Bertz CT molecular complexity index is 506. The Kier molecular flexibility index (Phi) is 5.10. The van der Waals surface area contributed by atoms with Crippen molar-refractivity contribution in [3.63, 3.8) is 0 Å². The van der Waals surface area contributed by atoms with Crippen LogP contribution in [0.4, 0.5) is 0 Å². The molecule has 1 fully saturated rings. The first-order valence-electron chi connectivity index (χ1n) is 7.37. The van der Waals surface area contributed by atoms with Crippen molar-refractivity contribution < 1.29 is 4.74 Å². The molecule has 1 aliphatic rings. The van der Waals surface area contributed by atoms with Crippen LogP contribution in [-0.4, -0.2) is 6.10 Å². The Morgan fingerprint density at radius 1 is 1.35 bits per heavy atom. The molecule has 3 atom stereocenters. The summed E-state index contributed by atoms with van der Waals surface area (Å²) in [6.45, 7) is 6.87. The van der Waals surface area contributed by atoms with Gasteiger partial charge in [-0.2, -0.15) is 5.26 Å². The third kappa shape index (κ3) is 3.55. The minimum atomic E-state index is 0.290. The summed E-state index contributed by atoms with van der Waals surface area (Å²) in [6.07, 6.45) is 3.97. The number of nitriles is 1. The molecule has 0 radical (unpaired) electrons. The number of hydrogen-bond donors (Lipinski definition) is 0. The molecule has 20 heavy (non-hydrogen) atoms. The first-order chi connectivity index (χ1) is 9.51. The van der Waals surface area contributed by atoms with Crippen molar-refractivity contribution in [3.05, 3.63) is 28.2 Å². The molecule has 3 unspecified atom stereocenters. The molecule has 0 bridgehead atoms. The van der Waals surface area contributed by atoms with Crippen LogP contribution in [0.2, 0.25) is 0 Å². The zero-order chi connectivity index (χ0) is 14.7. The lowest BCUT2D eigenvalue weighted by atomic mass is 9.75. The number of ether oxygens (including phenoxy) is 1. The number of nitrogens with zero attached hydrogens (tertiary/aromatic N) is 1. The molecule has 0 spiro atoms. The fraction of sp³-hybridized carbons (Fsp3) is 0.588. The highest BCUT2D eigenvalue weighted by atomic mass is 79.9. The third-order valence-corrected chi connectivity index (χ3v) is 4.97. The molecule has 2 nitrogen and oxygen atoms in total. The maximum absolute atomic E-state index is 8.96. The summed E-state index contributed by atoms with van der Waals surface area (Å²) in [4.78, 5) is 0. The quantitative estimate of drug-likeness (QED) is 0.764. The molecule has 108 valence electrons. The first kappa shape index (κ1) is 15.4. The molecule has 0 amide bonds. The Balaban J connectivity index is 2.14. The second-order valence-corrected chi connectivity index (χ2v) is 7.09. The maximum atomic E-state index is 8.96. The first-order valence-corrected chi connectivity index (χ1v) is 8.17. The van der Waals surface area contributed by atoms with E-state index in [1.807, 2.05) is 18.2 Å². The Hall–Kier alpha value is -1.01. The molecule has 0 saturated heterocycles. The van der Waals surface area contributed by atoms with E-state index in [1.165, 1.54) is 12.8 Å². The average molecular weight is 336 g/mol. The molecular weight excluding hydrogens is 314 g/mol. The highest BCUT2D eigenvalue weighted by Crippen LogP contribution is 2.36. The van der Waals surface area contributed by atoms with Crippen LogP contribution in [0, 0.1) is 29.1 Å². The molecule has 3 heteroatoms. The predicted molar refractivity (Wildman–Crippen MR) is 84.6 cm³/mol. The van der Waals surface area contributed by atoms with Gasteiger partial charge in [-0.3, -0.25) is 0 Å². The molecule has 0 aliphatic heterocycles. The lowest BCUT2D eigenvalue weighted by molar-refractivity contribution is 0.0460. The van der Waals surface area contributed by atoms with Gasteiger partial charge in [0.25, 0.3) is 0 Å². The summed E-state index contributed by atoms with van der Waals surface area (Å²) in [5.74, 6) is 2.87. The Morgan fingerprint density at radius 3 is 2.70 bits per heavy atom. The molecule has 0 aromatic heterocycles. The second kappa shape index (κ2) is 6.63.